The van der Waals surface area contributed by atoms with Crippen molar-refractivity contribution in [3.8, 4) is 0 Å². The molecule has 1 fully saturated rings. The van der Waals surface area contributed by atoms with Crippen LogP contribution in [0.15, 0.2) is 16.8 Å². The molecule has 0 spiro atoms. The van der Waals surface area contributed by atoms with Gasteiger partial charge in [-0.05, 0) is 32.6 Å². The first kappa shape index (κ1) is 16.3. The maximum Gasteiger partial charge on any atom is 0.276 e. The van der Waals surface area contributed by atoms with Crippen LogP contribution in [-0.2, 0) is 17.8 Å². The van der Waals surface area contributed by atoms with Crippen LogP contribution in [0.4, 0.5) is 0 Å². The van der Waals surface area contributed by atoms with Crippen molar-refractivity contribution in [1.29, 1.82) is 0 Å². The van der Waals surface area contributed by atoms with E-state index in [1.807, 2.05) is 11.8 Å². The van der Waals surface area contributed by atoms with E-state index in [4.69, 9.17) is 14.4 Å². The predicted octanol–water partition coefficient (Wildman–Crippen LogP) is 2.37. The molecule has 3 heterocycles. The van der Waals surface area contributed by atoms with Gasteiger partial charge in [-0.2, -0.15) is 5.10 Å². The lowest BCUT2D eigenvalue weighted by Gasteiger charge is -2.31. The first-order valence-corrected chi connectivity index (χ1v) is 9.00. The Bertz CT molecular complexity index is 762. The number of hydrogen-bond donors (Lipinski definition) is 0. The maximum atomic E-state index is 12.8. The highest BCUT2D eigenvalue weighted by molar-refractivity contribution is 5.92. The van der Waals surface area contributed by atoms with Crippen LogP contribution in [0.2, 0.25) is 0 Å². The minimum Gasteiger partial charge on any atom is -0.381 e. The second kappa shape index (κ2) is 6.63. The number of hydrogen-bond acceptors (Lipinski definition) is 5. The van der Waals surface area contributed by atoms with Crippen LogP contribution in [0.1, 0.15) is 53.2 Å². The lowest BCUT2D eigenvalue weighted by Crippen LogP contribution is -2.39. The first-order valence-electron chi connectivity index (χ1n) is 9.00. The van der Waals surface area contributed by atoms with Crippen LogP contribution in [0.3, 0.4) is 0 Å². The Hall–Kier alpha value is -2.15. The monoisotopic (exact) mass is 344 g/mol. The number of amides is 1. The van der Waals surface area contributed by atoms with Crippen molar-refractivity contribution in [1.82, 2.24) is 19.8 Å². The van der Waals surface area contributed by atoms with Crippen LogP contribution >= 0.6 is 0 Å². The molecule has 0 N–H and O–H groups in total. The highest BCUT2D eigenvalue weighted by Gasteiger charge is 2.33. The molecule has 4 rings (SSSR count). The molecule has 2 aromatic rings. The van der Waals surface area contributed by atoms with Crippen molar-refractivity contribution in [3.05, 3.63) is 35.0 Å². The van der Waals surface area contributed by atoms with Gasteiger partial charge in [-0.3, -0.25) is 9.48 Å². The Kier molecular flexibility index (Phi) is 4.33. The number of carbonyl (C=O) groups is 1. The molecule has 1 amide bonds. The third-order valence-electron chi connectivity index (χ3n) is 4.86. The molecule has 1 aliphatic heterocycles. The third-order valence-corrected chi connectivity index (χ3v) is 4.86. The van der Waals surface area contributed by atoms with Crippen molar-refractivity contribution in [2.24, 2.45) is 5.92 Å². The summed E-state index contributed by atoms with van der Waals surface area (Å²) in [6, 6.07) is 1.69. The molecule has 25 heavy (non-hydrogen) atoms. The molecule has 1 aliphatic carbocycles. The summed E-state index contributed by atoms with van der Waals surface area (Å²) in [5.41, 5.74) is 2.56. The fourth-order valence-electron chi connectivity index (χ4n) is 3.40. The molecule has 134 valence electrons. The van der Waals surface area contributed by atoms with Gasteiger partial charge in [0.05, 0.1) is 12.3 Å². The molecular formula is C18H24N4O3. The average Bonchev–Trinajstić information content (AvgIpc) is 3.14. The summed E-state index contributed by atoms with van der Waals surface area (Å²) in [5, 5.41) is 8.67. The molecule has 0 aromatic carbocycles. The van der Waals surface area contributed by atoms with Gasteiger partial charge in [0.25, 0.3) is 5.91 Å². The number of carbonyl (C=O) groups excluding carboxylic acids is 1. The van der Waals surface area contributed by atoms with Gasteiger partial charge in [0.1, 0.15) is 5.76 Å². The molecule has 0 bridgehead atoms. The van der Waals surface area contributed by atoms with E-state index >= 15 is 0 Å². The van der Waals surface area contributed by atoms with Gasteiger partial charge in [-0.1, -0.05) is 5.16 Å². The van der Waals surface area contributed by atoms with E-state index in [-0.39, 0.29) is 11.8 Å². The first-order chi connectivity index (χ1) is 12.1. The number of rotatable bonds is 6. The average molecular weight is 344 g/mol. The van der Waals surface area contributed by atoms with E-state index in [1.165, 1.54) is 12.8 Å². The third kappa shape index (κ3) is 3.46. The Morgan fingerprint density at radius 3 is 2.96 bits per heavy atom. The standard InChI is InChI=1S/C18H24N4O3/c1-3-24-11-15-9-21(18(23)16-6-12(2)25-20-16)8-14-10-22(19-17(14)15)7-13-4-5-13/h6,10,13,15H,3-5,7-9,11H2,1-2H3. The largest absolute Gasteiger partial charge is 0.381 e. The van der Waals surface area contributed by atoms with Crippen LogP contribution in [0.5, 0.6) is 0 Å². The number of aryl methyl sites for hydroxylation is 1. The van der Waals surface area contributed by atoms with Gasteiger partial charge >= 0.3 is 0 Å². The zero-order chi connectivity index (χ0) is 17.4. The number of ether oxygens (including phenoxy) is 1. The summed E-state index contributed by atoms with van der Waals surface area (Å²) >= 11 is 0. The smallest absolute Gasteiger partial charge is 0.276 e. The number of nitrogens with zero attached hydrogens (tertiary/aromatic N) is 4. The number of fused-ring (bicyclic) bond motifs is 1. The summed E-state index contributed by atoms with van der Waals surface area (Å²) in [6.07, 6.45) is 4.69. The van der Waals surface area contributed by atoms with Crippen molar-refractivity contribution in [2.75, 3.05) is 19.8 Å². The molecule has 0 radical (unpaired) electrons. The topological polar surface area (TPSA) is 73.4 Å². The van der Waals surface area contributed by atoms with Crippen molar-refractivity contribution >= 4 is 5.91 Å². The summed E-state index contributed by atoms with van der Waals surface area (Å²) in [4.78, 5) is 14.6. The van der Waals surface area contributed by atoms with Crippen LogP contribution in [0, 0.1) is 12.8 Å². The SMILES string of the molecule is CCOCC1CN(C(=O)c2cc(C)on2)Cc2cn(CC3CC3)nc21. The van der Waals surface area contributed by atoms with Crippen LogP contribution in [-0.4, -0.2) is 45.5 Å². The van der Waals surface area contributed by atoms with Gasteiger partial charge < -0.3 is 14.2 Å². The van der Waals surface area contributed by atoms with E-state index in [0.717, 1.165) is 23.7 Å². The summed E-state index contributed by atoms with van der Waals surface area (Å²) in [7, 11) is 0. The molecule has 7 nitrogen and oxygen atoms in total. The fourth-order valence-corrected chi connectivity index (χ4v) is 3.40. The lowest BCUT2D eigenvalue weighted by molar-refractivity contribution is 0.0642. The number of aromatic nitrogens is 3. The quantitative estimate of drug-likeness (QED) is 0.804. The summed E-state index contributed by atoms with van der Waals surface area (Å²) < 4.78 is 12.8. The Morgan fingerprint density at radius 2 is 2.28 bits per heavy atom. The van der Waals surface area contributed by atoms with E-state index in [2.05, 4.69) is 16.0 Å². The highest BCUT2D eigenvalue weighted by Crippen LogP contribution is 2.33. The Morgan fingerprint density at radius 1 is 1.44 bits per heavy atom. The minimum absolute atomic E-state index is 0.0982. The van der Waals surface area contributed by atoms with Crippen molar-refractivity contribution in [3.63, 3.8) is 0 Å². The van der Waals surface area contributed by atoms with Gasteiger partial charge in [-0.25, -0.2) is 0 Å². The molecule has 2 aliphatic rings. The molecular weight excluding hydrogens is 320 g/mol. The minimum atomic E-state index is -0.0982. The van der Waals surface area contributed by atoms with Crippen molar-refractivity contribution < 1.29 is 14.1 Å². The van der Waals surface area contributed by atoms with Gasteiger partial charge in [-0.15, -0.1) is 0 Å². The Labute approximate surface area is 146 Å². The van der Waals surface area contributed by atoms with Gasteiger partial charge in [0, 0.05) is 50.0 Å². The van der Waals surface area contributed by atoms with Gasteiger partial charge in [0.2, 0.25) is 0 Å². The van der Waals surface area contributed by atoms with E-state index in [0.29, 0.717) is 37.8 Å². The zero-order valence-corrected chi connectivity index (χ0v) is 14.8. The normalized spacial score (nSPS) is 19.9. The molecule has 1 saturated carbocycles. The maximum absolute atomic E-state index is 12.8. The van der Waals surface area contributed by atoms with E-state index in [9.17, 15) is 4.79 Å². The van der Waals surface area contributed by atoms with Crippen molar-refractivity contribution in [2.45, 2.75) is 45.7 Å². The summed E-state index contributed by atoms with van der Waals surface area (Å²) in [5.74, 6) is 1.41. The fraction of sp³-hybridized carbons (Fsp3) is 0.611. The molecule has 7 heteroatoms. The molecule has 2 aromatic heterocycles. The zero-order valence-electron chi connectivity index (χ0n) is 14.8. The lowest BCUT2D eigenvalue weighted by atomic mass is 9.97. The summed E-state index contributed by atoms with van der Waals surface area (Å²) in [6.45, 7) is 7.14. The second-order valence-electron chi connectivity index (χ2n) is 7.07. The van der Waals surface area contributed by atoms with E-state index < -0.39 is 0 Å². The van der Waals surface area contributed by atoms with Crippen LogP contribution < -0.4 is 0 Å². The second-order valence-corrected chi connectivity index (χ2v) is 7.07. The van der Waals surface area contributed by atoms with Gasteiger partial charge in [0.15, 0.2) is 5.69 Å². The molecule has 0 saturated heterocycles. The van der Waals surface area contributed by atoms with E-state index in [1.54, 1.807) is 13.0 Å². The molecule has 1 unspecified atom stereocenters. The Balaban J connectivity index is 1.56. The highest BCUT2D eigenvalue weighted by atomic mass is 16.5. The predicted molar refractivity (Wildman–Crippen MR) is 90.2 cm³/mol. The van der Waals surface area contributed by atoms with Crippen LogP contribution in [0.25, 0.3) is 0 Å². The molecule has 1 atom stereocenters.